The highest BCUT2D eigenvalue weighted by Crippen LogP contribution is 2.06. The van der Waals surface area contributed by atoms with E-state index in [1.165, 1.54) is 5.57 Å². The highest BCUT2D eigenvalue weighted by Gasteiger charge is 1.86. The lowest BCUT2D eigenvalue weighted by atomic mass is 10.1. The van der Waals surface area contributed by atoms with E-state index in [-0.39, 0.29) is 0 Å². The second kappa shape index (κ2) is 7.07. The van der Waals surface area contributed by atoms with Gasteiger partial charge in [-0.2, -0.15) is 0 Å². The zero-order valence-electron chi connectivity index (χ0n) is 7.22. The Morgan fingerprint density at radius 2 is 2.09 bits per heavy atom. The van der Waals surface area contributed by atoms with Crippen LogP contribution in [0.15, 0.2) is 49.1 Å². The molecule has 60 valence electrons. The topological polar surface area (TPSA) is 0 Å². The highest BCUT2D eigenvalue weighted by molar-refractivity contribution is 5.21. The normalized spacial score (nSPS) is 11.9. The monoisotopic (exact) mass is 148 g/mol. The average Bonchev–Trinajstić information content (AvgIpc) is 2.03. The van der Waals surface area contributed by atoms with Crippen molar-refractivity contribution in [3.8, 4) is 0 Å². The third-order valence-electron chi connectivity index (χ3n) is 1.43. The van der Waals surface area contributed by atoms with Gasteiger partial charge in [-0.05, 0) is 25.3 Å². The molecule has 0 heterocycles. The average molecular weight is 148 g/mol. The molecule has 0 atom stereocenters. The van der Waals surface area contributed by atoms with Crippen LogP contribution in [0.1, 0.15) is 19.8 Å². The molecule has 0 spiro atoms. The first-order valence-corrected chi connectivity index (χ1v) is 3.90. The molecule has 0 bridgehead atoms. The fourth-order valence-corrected chi connectivity index (χ4v) is 0.821. The molecule has 0 heteroatoms. The van der Waals surface area contributed by atoms with E-state index in [2.05, 4.69) is 25.3 Å². The molecular weight excluding hydrogens is 132 g/mol. The molecule has 0 aliphatic carbocycles. The predicted molar refractivity (Wildman–Crippen MR) is 52.5 cm³/mol. The molecule has 0 aromatic rings. The lowest BCUT2D eigenvalue weighted by Gasteiger charge is -1.95. The summed E-state index contributed by atoms with van der Waals surface area (Å²) in [6, 6.07) is 0. The third-order valence-corrected chi connectivity index (χ3v) is 1.43. The van der Waals surface area contributed by atoms with E-state index in [1.54, 1.807) is 6.08 Å². The van der Waals surface area contributed by atoms with E-state index in [9.17, 15) is 0 Å². The van der Waals surface area contributed by atoms with E-state index in [4.69, 9.17) is 0 Å². The maximum Gasteiger partial charge on any atom is -0.0244 e. The molecule has 11 heavy (non-hydrogen) atoms. The van der Waals surface area contributed by atoms with Crippen LogP contribution in [0.4, 0.5) is 0 Å². The van der Waals surface area contributed by atoms with Crippen molar-refractivity contribution >= 4 is 0 Å². The molecule has 0 aliphatic rings. The van der Waals surface area contributed by atoms with Crippen molar-refractivity contribution in [1.29, 1.82) is 0 Å². The Morgan fingerprint density at radius 3 is 2.55 bits per heavy atom. The smallest absolute Gasteiger partial charge is 0.0244 e. The van der Waals surface area contributed by atoms with Crippen molar-refractivity contribution in [2.24, 2.45) is 0 Å². The fraction of sp³-hybridized carbons (Fsp3) is 0.273. The minimum Gasteiger partial charge on any atom is -0.0991 e. The Labute approximate surface area is 69.6 Å². The Bertz CT molecular complexity index is 170. The van der Waals surface area contributed by atoms with E-state index in [0.717, 1.165) is 12.8 Å². The van der Waals surface area contributed by atoms with Crippen LogP contribution < -0.4 is 0 Å². The van der Waals surface area contributed by atoms with Gasteiger partial charge < -0.3 is 0 Å². The van der Waals surface area contributed by atoms with Crippen LogP contribution in [0.25, 0.3) is 0 Å². The second-order valence-corrected chi connectivity index (χ2v) is 2.29. The van der Waals surface area contributed by atoms with E-state index in [0.29, 0.717) is 0 Å². The Morgan fingerprint density at radius 1 is 1.36 bits per heavy atom. The first kappa shape index (κ1) is 9.96. The largest absolute Gasteiger partial charge is 0.0991 e. The molecule has 0 rings (SSSR count). The molecular formula is C11H16. The minimum atomic E-state index is 1.06. The summed E-state index contributed by atoms with van der Waals surface area (Å²) in [5.74, 6) is 0. The predicted octanol–water partition coefficient (Wildman–Crippen LogP) is 3.64. The van der Waals surface area contributed by atoms with Crippen molar-refractivity contribution in [1.82, 2.24) is 0 Å². The molecule has 0 N–H and O–H groups in total. The lowest BCUT2D eigenvalue weighted by molar-refractivity contribution is 1.01. The van der Waals surface area contributed by atoms with E-state index >= 15 is 0 Å². The molecule has 0 saturated heterocycles. The van der Waals surface area contributed by atoms with Crippen molar-refractivity contribution < 1.29 is 0 Å². The van der Waals surface area contributed by atoms with E-state index in [1.807, 2.05) is 19.1 Å². The van der Waals surface area contributed by atoms with Gasteiger partial charge in [0.15, 0.2) is 0 Å². The third kappa shape index (κ3) is 5.41. The van der Waals surface area contributed by atoms with Gasteiger partial charge in [0.2, 0.25) is 0 Å². The van der Waals surface area contributed by atoms with Crippen LogP contribution in [-0.2, 0) is 0 Å². The van der Waals surface area contributed by atoms with Gasteiger partial charge in [-0.1, -0.05) is 43.5 Å². The summed E-state index contributed by atoms with van der Waals surface area (Å²) in [4.78, 5) is 0. The maximum absolute atomic E-state index is 3.72. The zero-order chi connectivity index (χ0) is 8.53. The summed E-state index contributed by atoms with van der Waals surface area (Å²) in [6.07, 6.45) is 12.0. The van der Waals surface area contributed by atoms with Gasteiger partial charge in [0.05, 0.1) is 0 Å². The van der Waals surface area contributed by atoms with Gasteiger partial charge in [0.1, 0.15) is 0 Å². The molecule has 0 amide bonds. The Balaban J connectivity index is 3.78. The van der Waals surface area contributed by atoms with Crippen molar-refractivity contribution in [3.63, 3.8) is 0 Å². The maximum atomic E-state index is 3.72. The number of hydrogen-bond acceptors (Lipinski definition) is 0. The van der Waals surface area contributed by atoms with Crippen molar-refractivity contribution in [2.45, 2.75) is 19.8 Å². The van der Waals surface area contributed by atoms with Crippen LogP contribution >= 0.6 is 0 Å². The van der Waals surface area contributed by atoms with Gasteiger partial charge in [-0.3, -0.25) is 0 Å². The fourth-order valence-electron chi connectivity index (χ4n) is 0.821. The number of rotatable bonds is 5. The SMILES string of the molecule is C=C/C=C(\C=C)CC/C=C/C. The molecule has 0 saturated carbocycles. The number of allylic oxidation sites excluding steroid dienone is 6. The van der Waals surface area contributed by atoms with Crippen molar-refractivity contribution in [2.75, 3.05) is 0 Å². The van der Waals surface area contributed by atoms with Crippen LogP contribution in [0.5, 0.6) is 0 Å². The van der Waals surface area contributed by atoms with Gasteiger partial charge in [-0.15, -0.1) is 0 Å². The summed E-state index contributed by atoms with van der Waals surface area (Å²) < 4.78 is 0. The summed E-state index contributed by atoms with van der Waals surface area (Å²) in [7, 11) is 0. The van der Waals surface area contributed by atoms with Crippen LogP contribution in [0.3, 0.4) is 0 Å². The molecule has 0 fully saturated rings. The molecule has 0 radical (unpaired) electrons. The summed E-state index contributed by atoms with van der Waals surface area (Å²) >= 11 is 0. The quantitative estimate of drug-likeness (QED) is 0.412. The standard InChI is InChI=1S/C11H16/c1-4-7-8-10-11(6-3)9-5-2/h4-7,9H,2-3,8,10H2,1H3/b7-4+,11-9+. The molecule has 0 nitrogen and oxygen atoms in total. The summed E-state index contributed by atoms with van der Waals surface area (Å²) in [5, 5.41) is 0. The Kier molecular flexibility index (Phi) is 6.40. The second-order valence-electron chi connectivity index (χ2n) is 2.29. The molecule has 0 unspecified atom stereocenters. The highest BCUT2D eigenvalue weighted by atomic mass is 13.9. The van der Waals surface area contributed by atoms with Crippen molar-refractivity contribution in [3.05, 3.63) is 49.1 Å². The van der Waals surface area contributed by atoms with Crippen LogP contribution in [0, 0.1) is 0 Å². The van der Waals surface area contributed by atoms with Gasteiger partial charge >= 0.3 is 0 Å². The lowest BCUT2D eigenvalue weighted by Crippen LogP contribution is -1.75. The summed E-state index contributed by atoms with van der Waals surface area (Å²) in [5.41, 5.74) is 1.25. The van der Waals surface area contributed by atoms with Crippen LogP contribution in [-0.4, -0.2) is 0 Å². The van der Waals surface area contributed by atoms with Gasteiger partial charge in [0.25, 0.3) is 0 Å². The molecule has 0 aromatic heterocycles. The van der Waals surface area contributed by atoms with Gasteiger partial charge in [-0.25, -0.2) is 0 Å². The molecule has 0 aromatic carbocycles. The molecule has 0 aliphatic heterocycles. The van der Waals surface area contributed by atoms with Gasteiger partial charge in [0, 0.05) is 0 Å². The first-order valence-electron chi connectivity index (χ1n) is 3.90. The first-order chi connectivity index (χ1) is 5.35. The number of hydrogen-bond donors (Lipinski definition) is 0. The minimum absolute atomic E-state index is 1.06. The Hall–Kier alpha value is -1.04. The van der Waals surface area contributed by atoms with E-state index < -0.39 is 0 Å². The van der Waals surface area contributed by atoms with Crippen LogP contribution in [0.2, 0.25) is 0 Å². The summed E-state index contributed by atoms with van der Waals surface area (Å²) in [6.45, 7) is 9.39. The zero-order valence-corrected chi connectivity index (χ0v) is 7.22.